The first-order valence-corrected chi connectivity index (χ1v) is 6.74. The number of hydrogen-bond acceptors (Lipinski definition) is 4. The molecule has 1 heterocycles. The molecule has 20 heavy (non-hydrogen) atoms. The minimum atomic E-state index is -0.350. The summed E-state index contributed by atoms with van der Waals surface area (Å²) >= 11 is 5.49. The van der Waals surface area contributed by atoms with Crippen LogP contribution in [0.15, 0.2) is 46.9 Å². The van der Waals surface area contributed by atoms with E-state index in [0.717, 1.165) is 16.4 Å². The van der Waals surface area contributed by atoms with Crippen LogP contribution in [0.3, 0.4) is 0 Å². The first kappa shape index (κ1) is 12.8. The summed E-state index contributed by atoms with van der Waals surface area (Å²) in [5.41, 5.74) is 1.89. The summed E-state index contributed by atoms with van der Waals surface area (Å²) in [4.78, 5) is 11.8. The van der Waals surface area contributed by atoms with E-state index in [-0.39, 0.29) is 5.97 Å². The highest BCUT2D eigenvalue weighted by molar-refractivity contribution is 7.72. The zero-order chi connectivity index (χ0) is 14.1. The van der Waals surface area contributed by atoms with Gasteiger partial charge >= 0.3 is 5.97 Å². The fraction of sp³-hybridized carbons (Fsp3) is 0.125. The van der Waals surface area contributed by atoms with E-state index < -0.39 is 0 Å². The lowest BCUT2D eigenvalue weighted by molar-refractivity contribution is 0.0526. The standard InChI is InChI=1S/C16H12O3S/c1-2-18-16(17)10-7-8-14-12(9-10)15(20)11-5-3-4-6-13(11)19-14/h3-9H,2H2,1H3. The molecular formula is C16H12O3S. The molecule has 3 nitrogen and oxygen atoms in total. The van der Waals surface area contributed by atoms with Crippen molar-refractivity contribution >= 4 is 40.1 Å². The van der Waals surface area contributed by atoms with Crippen molar-refractivity contribution in [1.82, 2.24) is 0 Å². The van der Waals surface area contributed by atoms with E-state index in [1.54, 1.807) is 25.1 Å². The van der Waals surface area contributed by atoms with Crippen LogP contribution in [0, 0.1) is 4.51 Å². The van der Waals surface area contributed by atoms with Crippen molar-refractivity contribution in [1.29, 1.82) is 0 Å². The van der Waals surface area contributed by atoms with Crippen LogP contribution in [0.25, 0.3) is 21.9 Å². The van der Waals surface area contributed by atoms with Crippen LogP contribution >= 0.6 is 12.2 Å². The average Bonchev–Trinajstić information content (AvgIpc) is 2.47. The largest absolute Gasteiger partial charge is 0.462 e. The molecule has 0 atom stereocenters. The Morgan fingerprint density at radius 3 is 2.70 bits per heavy atom. The van der Waals surface area contributed by atoms with E-state index in [0.29, 0.717) is 22.3 Å². The molecule has 0 fully saturated rings. The van der Waals surface area contributed by atoms with Crippen molar-refractivity contribution in [3.05, 3.63) is 52.5 Å². The van der Waals surface area contributed by atoms with Crippen LogP contribution in [-0.4, -0.2) is 12.6 Å². The van der Waals surface area contributed by atoms with E-state index in [1.165, 1.54) is 0 Å². The molecule has 0 bridgehead atoms. The second-order valence-corrected chi connectivity index (χ2v) is 4.77. The Labute approximate surface area is 120 Å². The molecule has 2 aromatic carbocycles. The molecule has 1 aromatic heterocycles. The molecule has 0 aliphatic heterocycles. The van der Waals surface area contributed by atoms with Gasteiger partial charge in [0.1, 0.15) is 11.2 Å². The maximum Gasteiger partial charge on any atom is 0.338 e. The molecule has 3 aromatic rings. The monoisotopic (exact) mass is 284 g/mol. The predicted octanol–water partition coefficient (Wildman–Crippen LogP) is 4.49. The molecule has 3 rings (SSSR count). The Morgan fingerprint density at radius 2 is 1.90 bits per heavy atom. The zero-order valence-corrected chi connectivity index (χ0v) is 11.7. The van der Waals surface area contributed by atoms with Gasteiger partial charge in [-0.2, -0.15) is 0 Å². The highest BCUT2D eigenvalue weighted by atomic mass is 32.1. The Bertz CT molecular complexity index is 864. The first-order chi connectivity index (χ1) is 9.70. The lowest BCUT2D eigenvalue weighted by atomic mass is 10.1. The highest BCUT2D eigenvalue weighted by Gasteiger charge is 2.10. The Morgan fingerprint density at radius 1 is 1.15 bits per heavy atom. The third-order valence-electron chi connectivity index (χ3n) is 3.09. The quantitative estimate of drug-likeness (QED) is 0.395. The maximum atomic E-state index is 11.8. The fourth-order valence-electron chi connectivity index (χ4n) is 2.14. The van der Waals surface area contributed by atoms with Gasteiger partial charge in [0.05, 0.1) is 16.7 Å². The van der Waals surface area contributed by atoms with E-state index >= 15 is 0 Å². The molecule has 0 aliphatic rings. The normalized spacial score (nSPS) is 10.8. The van der Waals surface area contributed by atoms with Crippen molar-refractivity contribution in [2.45, 2.75) is 6.92 Å². The van der Waals surface area contributed by atoms with E-state index in [9.17, 15) is 4.79 Å². The molecule has 0 saturated carbocycles. The minimum absolute atomic E-state index is 0.347. The van der Waals surface area contributed by atoms with E-state index in [2.05, 4.69) is 0 Å². The van der Waals surface area contributed by atoms with Gasteiger partial charge in [0, 0.05) is 10.8 Å². The number of carbonyl (C=O) groups is 1. The van der Waals surface area contributed by atoms with Crippen LogP contribution in [0.1, 0.15) is 17.3 Å². The van der Waals surface area contributed by atoms with Gasteiger partial charge < -0.3 is 9.15 Å². The fourth-order valence-corrected chi connectivity index (χ4v) is 2.47. The second kappa shape index (κ2) is 5.06. The number of benzene rings is 2. The molecular weight excluding hydrogens is 272 g/mol. The zero-order valence-electron chi connectivity index (χ0n) is 10.9. The number of carbonyl (C=O) groups excluding carboxylic acids is 1. The first-order valence-electron chi connectivity index (χ1n) is 6.33. The van der Waals surface area contributed by atoms with Crippen LogP contribution in [0.5, 0.6) is 0 Å². The van der Waals surface area contributed by atoms with Crippen molar-refractivity contribution in [3.8, 4) is 0 Å². The van der Waals surface area contributed by atoms with E-state index in [1.807, 2.05) is 24.3 Å². The number of rotatable bonds is 2. The lowest BCUT2D eigenvalue weighted by Crippen LogP contribution is -2.04. The van der Waals surface area contributed by atoms with Gasteiger partial charge in [0.25, 0.3) is 0 Å². The summed E-state index contributed by atoms with van der Waals surface area (Å²) in [6.45, 7) is 2.12. The minimum Gasteiger partial charge on any atom is -0.462 e. The van der Waals surface area contributed by atoms with E-state index in [4.69, 9.17) is 21.4 Å². The van der Waals surface area contributed by atoms with Gasteiger partial charge in [-0.25, -0.2) is 4.79 Å². The van der Waals surface area contributed by atoms with Gasteiger partial charge in [0.15, 0.2) is 0 Å². The summed E-state index contributed by atoms with van der Waals surface area (Å²) < 4.78 is 11.5. The summed E-state index contributed by atoms with van der Waals surface area (Å²) in [6, 6.07) is 12.8. The molecule has 0 aliphatic carbocycles. The lowest BCUT2D eigenvalue weighted by Gasteiger charge is -2.05. The molecule has 0 amide bonds. The predicted molar refractivity (Wildman–Crippen MR) is 80.5 cm³/mol. The Kier molecular flexibility index (Phi) is 3.24. The summed E-state index contributed by atoms with van der Waals surface area (Å²) in [7, 11) is 0. The van der Waals surface area contributed by atoms with Crippen LogP contribution in [0.4, 0.5) is 0 Å². The molecule has 4 heteroatoms. The Hall–Kier alpha value is -2.20. The third kappa shape index (κ3) is 2.08. The highest BCUT2D eigenvalue weighted by Crippen LogP contribution is 2.26. The SMILES string of the molecule is CCOC(=O)c1ccc2oc3ccccc3c(=S)c2c1. The molecule has 0 saturated heterocycles. The summed E-state index contributed by atoms with van der Waals surface area (Å²) in [6.07, 6.45) is 0. The van der Waals surface area contributed by atoms with Crippen LogP contribution in [0.2, 0.25) is 0 Å². The topological polar surface area (TPSA) is 39.4 Å². The average molecular weight is 284 g/mol. The van der Waals surface area contributed by atoms with Gasteiger partial charge in [0.2, 0.25) is 0 Å². The second-order valence-electron chi connectivity index (χ2n) is 4.36. The summed E-state index contributed by atoms with van der Waals surface area (Å²) in [5.74, 6) is -0.350. The molecule has 0 spiro atoms. The smallest absolute Gasteiger partial charge is 0.338 e. The molecule has 0 unspecified atom stereocenters. The van der Waals surface area contributed by atoms with Crippen molar-refractivity contribution in [2.75, 3.05) is 6.61 Å². The molecule has 0 N–H and O–H groups in total. The van der Waals surface area contributed by atoms with Gasteiger partial charge in [-0.3, -0.25) is 0 Å². The summed E-state index contributed by atoms with van der Waals surface area (Å²) in [5, 5.41) is 1.63. The number of ether oxygens (including phenoxy) is 1. The maximum absolute atomic E-state index is 11.8. The number of para-hydroxylation sites is 1. The van der Waals surface area contributed by atoms with Crippen molar-refractivity contribution in [3.63, 3.8) is 0 Å². The molecule has 0 radical (unpaired) electrons. The number of fused-ring (bicyclic) bond motifs is 2. The number of hydrogen-bond donors (Lipinski definition) is 0. The third-order valence-corrected chi connectivity index (χ3v) is 3.53. The van der Waals surface area contributed by atoms with Crippen molar-refractivity contribution in [2.24, 2.45) is 0 Å². The van der Waals surface area contributed by atoms with Crippen LogP contribution in [-0.2, 0) is 4.74 Å². The van der Waals surface area contributed by atoms with Gasteiger partial charge in [-0.15, -0.1) is 0 Å². The van der Waals surface area contributed by atoms with Crippen molar-refractivity contribution < 1.29 is 13.9 Å². The Balaban J connectivity index is 2.28. The molecule has 100 valence electrons. The van der Waals surface area contributed by atoms with Gasteiger partial charge in [-0.05, 0) is 37.3 Å². The number of esters is 1. The van der Waals surface area contributed by atoms with Crippen LogP contribution < -0.4 is 0 Å². The van der Waals surface area contributed by atoms with Gasteiger partial charge in [-0.1, -0.05) is 24.4 Å².